The van der Waals surface area contributed by atoms with Crippen LogP contribution in [-0.4, -0.2) is 14.6 Å². The van der Waals surface area contributed by atoms with Crippen LogP contribution in [0.2, 0.25) is 0 Å². The van der Waals surface area contributed by atoms with Gasteiger partial charge in [0.2, 0.25) is 0 Å². The Kier molecular flexibility index (Phi) is 2.58. The van der Waals surface area contributed by atoms with E-state index in [2.05, 4.69) is 10.1 Å². The third-order valence-corrected chi connectivity index (χ3v) is 3.92. The van der Waals surface area contributed by atoms with Crippen molar-refractivity contribution in [1.29, 1.82) is 0 Å². The zero-order valence-corrected chi connectivity index (χ0v) is 11.5. The van der Waals surface area contributed by atoms with E-state index < -0.39 is 11.6 Å². The summed E-state index contributed by atoms with van der Waals surface area (Å²) >= 11 is 0. The number of hydrogen-bond donors (Lipinski definition) is 0. The van der Waals surface area contributed by atoms with E-state index in [0.717, 1.165) is 23.9 Å². The number of aromatic nitrogens is 3. The van der Waals surface area contributed by atoms with E-state index in [-0.39, 0.29) is 11.3 Å². The number of nitrogens with zero attached hydrogens (tertiary/aromatic N) is 3. The Balaban J connectivity index is 1.89. The predicted octanol–water partition coefficient (Wildman–Crippen LogP) is 3.86. The zero-order valence-electron chi connectivity index (χ0n) is 11.5. The van der Waals surface area contributed by atoms with Gasteiger partial charge in [-0.15, -0.1) is 0 Å². The Morgan fingerprint density at radius 3 is 2.52 bits per heavy atom. The largest absolute Gasteiger partial charge is 0.239 e. The third kappa shape index (κ3) is 2.00. The van der Waals surface area contributed by atoms with Crippen LogP contribution in [-0.2, 0) is 0 Å². The number of hydrogen-bond acceptors (Lipinski definition) is 2. The lowest BCUT2D eigenvalue weighted by molar-refractivity contribution is 0.584. The molecule has 1 aromatic carbocycles. The second-order valence-electron chi connectivity index (χ2n) is 5.49. The maximum Gasteiger partial charge on any atom is 0.135 e. The molecule has 0 amide bonds. The standard InChI is InChI=1S/C16H13F2N3/c1-9-19-8-12-4-5-15(20-21(9)12)16-13(17)6-11(7-14(16)18)10-2-3-10/h4-8,10H,2-3H2,1H3. The van der Waals surface area contributed by atoms with Crippen molar-refractivity contribution in [2.24, 2.45) is 0 Å². The fraction of sp³-hybridized carbons (Fsp3) is 0.250. The fourth-order valence-electron chi connectivity index (χ4n) is 2.63. The number of rotatable bonds is 2. The molecule has 1 aliphatic rings. The summed E-state index contributed by atoms with van der Waals surface area (Å²) in [7, 11) is 0. The van der Waals surface area contributed by atoms with Crippen molar-refractivity contribution in [2.45, 2.75) is 25.7 Å². The maximum absolute atomic E-state index is 14.3. The summed E-state index contributed by atoms with van der Waals surface area (Å²) in [6, 6.07) is 6.25. The summed E-state index contributed by atoms with van der Waals surface area (Å²) < 4.78 is 30.2. The summed E-state index contributed by atoms with van der Waals surface area (Å²) in [5.74, 6) is -0.111. The summed E-state index contributed by atoms with van der Waals surface area (Å²) in [5.41, 5.74) is 1.75. The van der Waals surface area contributed by atoms with Crippen molar-refractivity contribution in [2.75, 3.05) is 0 Å². The number of aryl methyl sites for hydroxylation is 1. The van der Waals surface area contributed by atoms with Crippen LogP contribution in [0.4, 0.5) is 8.78 Å². The first-order valence-corrected chi connectivity index (χ1v) is 6.94. The van der Waals surface area contributed by atoms with Gasteiger partial charge in [-0.3, -0.25) is 0 Å². The Hall–Kier alpha value is -2.30. The van der Waals surface area contributed by atoms with E-state index in [4.69, 9.17) is 0 Å². The van der Waals surface area contributed by atoms with Crippen LogP contribution < -0.4 is 0 Å². The molecule has 0 radical (unpaired) electrons. The molecule has 4 rings (SSSR count). The van der Waals surface area contributed by atoms with Crippen molar-refractivity contribution >= 4 is 5.52 Å². The highest BCUT2D eigenvalue weighted by atomic mass is 19.1. The minimum Gasteiger partial charge on any atom is -0.239 e. The van der Waals surface area contributed by atoms with E-state index in [9.17, 15) is 8.78 Å². The molecular weight excluding hydrogens is 272 g/mol. The molecule has 1 aliphatic carbocycles. The first-order chi connectivity index (χ1) is 10.1. The molecule has 3 aromatic rings. The topological polar surface area (TPSA) is 30.2 Å². The van der Waals surface area contributed by atoms with E-state index in [1.165, 1.54) is 12.1 Å². The average Bonchev–Trinajstić information content (AvgIpc) is 3.24. The van der Waals surface area contributed by atoms with Crippen LogP contribution in [0, 0.1) is 18.6 Å². The molecule has 2 aromatic heterocycles. The van der Waals surface area contributed by atoms with Crippen molar-refractivity contribution in [3.8, 4) is 11.3 Å². The normalized spacial score (nSPS) is 14.8. The van der Waals surface area contributed by atoms with Gasteiger partial charge in [-0.2, -0.15) is 5.10 Å². The number of halogens is 2. The fourth-order valence-corrected chi connectivity index (χ4v) is 2.63. The van der Waals surface area contributed by atoms with Gasteiger partial charge in [0.15, 0.2) is 0 Å². The summed E-state index contributed by atoms with van der Waals surface area (Å²) in [5, 5.41) is 4.29. The van der Waals surface area contributed by atoms with Gasteiger partial charge < -0.3 is 0 Å². The molecule has 0 aliphatic heterocycles. The lowest BCUT2D eigenvalue weighted by Gasteiger charge is -2.08. The predicted molar refractivity (Wildman–Crippen MR) is 75.1 cm³/mol. The lowest BCUT2D eigenvalue weighted by Crippen LogP contribution is -2.00. The first kappa shape index (κ1) is 12.4. The summed E-state index contributed by atoms with van der Waals surface area (Å²) in [6.45, 7) is 1.80. The van der Waals surface area contributed by atoms with Crippen molar-refractivity contribution in [1.82, 2.24) is 14.6 Å². The summed E-state index contributed by atoms with van der Waals surface area (Å²) in [4.78, 5) is 4.13. The molecule has 0 atom stereocenters. The molecule has 0 N–H and O–H groups in total. The van der Waals surface area contributed by atoms with E-state index >= 15 is 0 Å². The Morgan fingerprint density at radius 2 is 1.86 bits per heavy atom. The van der Waals surface area contributed by atoms with Crippen LogP contribution >= 0.6 is 0 Å². The molecular formula is C16H13F2N3. The van der Waals surface area contributed by atoms with Crippen LogP contribution in [0.1, 0.15) is 30.1 Å². The molecule has 1 saturated carbocycles. The molecule has 0 spiro atoms. The maximum atomic E-state index is 14.3. The Bertz CT molecular complexity index is 827. The number of imidazole rings is 1. The van der Waals surface area contributed by atoms with Crippen LogP contribution in [0.3, 0.4) is 0 Å². The van der Waals surface area contributed by atoms with Gasteiger partial charge in [-0.25, -0.2) is 18.3 Å². The van der Waals surface area contributed by atoms with Crippen molar-refractivity contribution in [3.05, 3.63) is 53.5 Å². The molecule has 5 heteroatoms. The lowest BCUT2D eigenvalue weighted by atomic mass is 10.0. The number of fused-ring (bicyclic) bond motifs is 1. The highest BCUT2D eigenvalue weighted by molar-refractivity contribution is 5.63. The molecule has 3 nitrogen and oxygen atoms in total. The third-order valence-electron chi connectivity index (χ3n) is 3.92. The number of benzene rings is 1. The van der Waals surface area contributed by atoms with E-state index in [1.807, 2.05) is 0 Å². The molecule has 0 unspecified atom stereocenters. The van der Waals surface area contributed by atoms with Gasteiger partial charge in [0.05, 0.1) is 23.0 Å². The molecule has 1 fully saturated rings. The molecule has 21 heavy (non-hydrogen) atoms. The Morgan fingerprint density at radius 1 is 1.14 bits per heavy atom. The average molecular weight is 285 g/mol. The quantitative estimate of drug-likeness (QED) is 0.715. The van der Waals surface area contributed by atoms with Crippen molar-refractivity contribution < 1.29 is 8.78 Å². The SMILES string of the molecule is Cc1ncc2ccc(-c3c(F)cc(C4CC4)cc3F)nn12. The Labute approximate surface area is 120 Å². The smallest absolute Gasteiger partial charge is 0.135 e. The van der Waals surface area contributed by atoms with Gasteiger partial charge in [0.25, 0.3) is 0 Å². The van der Waals surface area contributed by atoms with Gasteiger partial charge in [-0.05, 0) is 55.5 Å². The van der Waals surface area contributed by atoms with Gasteiger partial charge in [0, 0.05) is 0 Å². The minimum atomic E-state index is -0.554. The minimum absolute atomic E-state index is 0.0746. The first-order valence-electron chi connectivity index (χ1n) is 6.94. The van der Waals surface area contributed by atoms with Gasteiger partial charge in [-0.1, -0.05) is 0 Å². The molecule has 106 valence electrons. The second kappa shape index (κ2) is 4.35. The highest BCUT2D eigenvalue weighted by Gasteiger charge is 2.26. The molecule has 2 heterocycles. The van der Waals surface area contributed by atoms with Crippen molar-refractivity contribution in [3.63, 3.8) is 0 Å². The van der Waals surface area contributed by atoms with Crippen LogP contribution in [0.15, 0.2) is 30.5 Å². The van der Waals surface area contributed by atoms with Gasteiger partial charge in [0.1, 0.15) is 17.5 Å². The van der Waals surface area contributed by atoms with Crippen LogP contribution in [0.5, 0.6) is 0 Å². The van der Waals surface area contributed by atoms with Gasteiger partial charge >= 0.3 is 0 Å². The molecule has 0 saturated heterocycles. The second-order valence-corrected chi connectivity index (χ2v) is 5.49. The summed E-state index contributed by atoms with van der Waals surface area (Å²) in [6.07, 6.45) is 3.70. The van der Waals surface area contributed by atoms with E-state index in [1.54, 1.807) is 29.8 Å². The van der Waals surface area contributed by atoms with E-state index in [0.29, 0.717) is 11.7 Å². The zero-order chi connectivity index (χ0) is 14.6. The monoisotopic (exact) mass is 285 g/mol. The highest BCUT2D eigenvalue weighted by Crippen LogP contribution is 2.41. The molecule has 0 bridgehead atoms. The van der Waals surface area contributed by atoms with Crippen LogP contribution in [0.25, 0.3) is 16.8 Å².